The van der Waals surface area contributed by atoms with Crippen molar-refractivity contribution in [1.29, 1.82) is 0 Å². The predicted octanol–water partition coefficient (Wildman–Crippen LogP) is 0.0494. The Morgan fingerprint density at radius 1 is 1.41 bits per heavy atom. The Kier molecular flexibility index (Phi) is 5.76. The Hall–Kier alpha value is -0.764. The average Bonchev–Trinajstić information content (AvgIpc) is 2.96. The Bertz CT molecular complexity index is 872. The molecule has 108 valence electrons. The molecule has 0 fully saturated rings. The second kappa shape index (κ2) is 7.21. The molecule has 0 unspecified atom stereocenters. The molecule has 0 N–H and O–H groups in total. The minimum atomic E-state index is 0. The molecule has 0 aliphatic heterocycles. The van der Waals surface area contributed by atoms with Crippen molar-refractivity contribution in [2.45, 2.75) is 6.92 Å². The summed E-state index contributed by atoms with van der Waals surface area (Å²) in [6.45, 7) is 1.91. The zero-order valence-corrected chi connectivity index (χ0v) is 16.5. The summed E-state index contributed by atoms with van der Waals surface area (Å²) in [7, 11) is 1.86. The van der Waals surface area contributed by atoms with Gasteiger partial charge in [0.15, 0.2) is 0 Å². The summed E-state index contributed by atoms with van der Waals surface area (Å²) in [6, 6.07) is 3.81. The summed E-state index contributed by atoms with van der Waals surface area (Å²) in [5.74, 6) is 0.857. The number of halogens is 1. The van der Waals surface area contributed by atoms with Crippen LogP contribution in [0.5, 0.6) is 0 Å². The fourth-order valence-corrected chi connectivity index (χ4v) is 2.61. The maximum absolute atomic E-state index is 10.6. The first-order valence-electron chi connectivity index (χ1n) is 6.40. The van der Waals surface area contributed by atoms with Crippen LogP contribution in [0.2, 0.25) is 5.02 Å². The number of aryl methyl sites for hydroxylation is 2. The largest absolute Gasteiger partial charge is 1.00 e. The number of rotatable bonds is 3. The van der Waals surface area contributed by atoms with Crippen LogP contribution in [0.15, 0.2) is 30.6 Å². The number of hydrogen-bond donors (Lipinski definition) is 0. The molecular formula is C15H14ClKN4O. The molecule has 0 radical (unpaired) electrons. The zero-order valence-electron chi connectivity index (χ0n) is 13.6. The van der Waals surface area contributed by atoms with Gasteiger partial charge in [-0.25, -0.2) is 4.98 Å². The van der Waals surface area contributed by atoms with Crippen molar-refractivity contribution in [1.82, 2.24) is 19.3 Å². The minimum Gasteiger partial charge on any atom is -1.00 e. The zero-order chi connectivity index (χ0) is 15.0. The van der Waals surface area contributed by atoms with E-state index in [-0.39, 0.29) is 52.8 Å². The predicted molar refractivity (Wildman–Crippen MR) is 83.8 cm³/mol. The van der Waals surface area contributed by atoms with E-state index < -0.39 is 0 Å². The van der Waals surface area contributed by atoms with E-state index in [1.54, 1.807) is 17.0 Å². The third-order valence-electron chi connectivity index (χ3n) is 3.30. The summed E-state index contributed by atoms with van der Waals surface area (Å²) in [6.07, 6.45) is 7.51. The van der Waals surface area contributed by atoms with E-state index in [4.69, 9.17) is 11.6 Å². The number of hydrogen-bond acceptors (Lipinski definition) is 3. The van der Waals surface area contributed by atoms with Crippen LogP contribution in [0.25, 0.3) is 22.9 Å². The molecule has 22 heavy (non-hydrogen) atoms. The second-order valence-electron chi connectivity index (χ2n) is 4.69. The smallest absolute Gasteiger partial charge is 1.00 e. The first-order valence-corrected chi connectivity index (χ1v) is 6.78. The molecule has 0 saturated heterocycles. The second-order valence-corrected chi connectivity index (χ2v) is 5.13. The van der Waals surface area contributed by atoms with Crippen molar-refractivity contribution < 1.29 is 57.6 Å². The molecule has 0 amide bonds. The molecule has 0 atom stereocenters. The molecule has 3 rings (SSSR count). The Labute approximate surface area is 176 Å². The molecule has 0 bridgehead atoms. The number of pyridine rings is 1. The van der Waals surface area contributed by atoms with Crippen LogP contribution in [0.4, 0.5) is 0 Å². The van der Waals surface area contributed by atoms with Crippen molar-refractivity contribution in [3.63, 3.8) is 0 Å². The van der Waals surface area contributed by atoms with Gasteiger partial charge >= 0.3 is 51.4 Å². The van der Waals surface area contributed by atoms with E-state index in [9.17, 15) is 4.79 Å². The van der Waals surface area contributed by atoms with E-state index in [1.165, 1.54) is 6.08 Å². The van der Waals surface area contributed by atoms with Crippen LogP contribution in [0, 0.1) is 6.92 Å². The van der Waals surface area contributed by atoms with Gasteiger partial charge in [-0.15, -0.1) is 0 Å². The van der Waals surface area contributed by atoms with E-state index in [1.807, 2.05) is 36.9 Å². The van der Waals surface area contributed by atoms with Gasteiger partial charge in [-0.3, -0.25) is 14.0 Å². The van der Waals surface area contributed by atoms with Crippen LogP contribution in [-0.4, -0.2) is 25.6 Å². The number of allylic oxidation sites excluding steroid dienone is 1. The SMILES string of the molecule is Cc1nn(C)c(-n2ccc3cc(Cl)cnc32)c1/C=C/C=O.[H-].[K+]. The maximum atomic E-state index is 10.6. The molecular weight excluding hydrogens is 327 g/mol. The average molecular weight is 341 g/mol. The van der Waals surface area contributed by atoms with Gasteiger partial charge < -0.3 is 1.43 Å². The van der Waals surface area contributed by atoms with Crippen molar-refractivity contribution in [3.8, 4) is 5.82 Å². The summed E-state index contributed by atoms with van der Waals surface area (Å²) >= 11 is 5.97. The van der Waals surface area contributed by atoms with Crippen LogP contribution < -0.4 is 51.4 Å². The van der Waals surface area contributed by atoms with Crippen LogP contribution in [0.1, 0.15) is 12.7 Å². The van der Waals surface area contributed by atoms with Crippen LogP contribution in [0.3, 0.4) is 0 Å². The standard InChI is InChI=1S/C15H13ClN4O.K.H/c1-10-13(4-3-7-21)15(19(2)18-10)20-6-5-11-8-12(16)9-17-14(11)20;;/h3-9H,1-2H3;;/q;+1;-1/b4-3+;;. The maximum Gasteiger partial charge on any atom is 1.00 e. The topological polar surface area (TPSA) is 52.7 Å². The molecule has 5 nitrogen and oxygen atoms in total. The number of aromatic nitrogens is 4. The molecule has 7 heteroatoms. The molecule has 3 heterocycles. The van der Waals surface area contributed by atoms with E-state index >= 15 is 0 Å². The molecule has 0 aliphatic carbocycles. The fourth-order valence-electron chi connectivity index (χ4n) is 2.45. The Morgan fingerprint density at radius 3 is 2.91 bits per heavy atom. The van der Waals surface area contributed by atoms with E-state index in [0.717, 1.165) is 34.4 Å². The van der Waals surface area contributed by atoms with Gasteiger partial charge in [0, 0.05) is 30.4 Å². The summed E-state index contributed by atoms with van der Waals surface area (Å²) in [5, 5.41) is 5.97. The number of carbonyl (C=O) groups excluding carboxylic acids is 1. The first-order chi connectivity index (χ1) is 10.1. The van der Waals surface area contributed by atoms with Gasteiger partial charge in [0.1, 0.15) is 17.8 Å². The quantitative estimate of drug-likeness (QED) is 0.384. The van der Waals surface area contributed by atoms with Crippen LogP contribution >= 0.6 is 11.6 Å². The van der Waals surface area contributed by atoms with Crippen molar-refractivity contribution in [2.24, 2.45) is 7.05 Å². The Balaban J connectivity index is 0.00000132. The molecule has 0 aromatic carbocycles. The number of carbonyl (C=O) groups is 1. The Morgan fingerprint density at radius 2 is 2.18 bits per heavy atom. The first kappa shape index (κ1) is 17.6. The van der Waals surface area contributed by atoms with Gasteiger partial charge in [0.2, 0.25) is 0 Å². The van der Waals surface area contributed by atoms with E-state index in [0.29, 0.717) is 5.02 Å². The minimum absolute atomic E-state index is 0. The third-order valence-corrected chi connectivity index (χ3v) is 3.51. The fraction of sp³-hybridized carbons (Fsp3) is 0.133. The normalized spacial score (nSPS) is 11.0. The van der Waals surface area contributed by atoms with Gasteiger partial charge in [0.05, 0.1) is 10.7 Å². The third kappa shape index (κ3) is 3.13. The summed E-state index contributed by atoms with van der Waals surface area (Å²) in [4.78, 5) is 15.0. The van der Waals surface area contributed by atoms with Gasteiger partial charge in [-0.05, 0) is 31.2 Å². The van der Waals surface area contributed by atoms with Crippen molar-refractivity contribution in [3.05, 3.63) is 46.9 Å². The number of aldehydes is 1. The molecule has 0 spiro atoms. The summed E-state index contributed by atoms with van der Waals surface area (Å²) in [5.41, 5.74) is 2.53. The molecule has 0 saturated carbocycles. The molecule has 0 aliphatic rings. The monoisotopic (exact) mass is 340 g/mol. The molecule has 3 aromatic rings. The van der Waals surface area contributed by atoms with Crippen LogP contribution in [-0.2, 0) is 11.8 Å². The number of fused-ring (bicyclic) bond motifs is 1. The van der Waals surface area contributed by atoms with Crippen molar-refractivity contribution in [2.75, 3.05) is 0 Å². The van der Waals surface area contributed by atoms with Gasteiger partial charge in [-0.2, -0.15) is 5.10 Å². The van der Waals surface area contributed by atoms with E-state index in [2.05, 4.69) is 10.1 Å². The van der Waals surface area contributed by atoms with Crippen molar-refractivity contribution >= 4 is 35.0 Å². The number of nitrogens with zero attached hydrogens (tertiary/aromatic N) is 4. The van der Waals surface area contributed by atoms with Gasteiger partial charge in [-0.1, -0.05) is 11.6 Å². The molecule has 3 aromatic heterocycles. The summed E-state index contributed by atoms with van der Waals surface area (Å²) < 4.78 is 3.71. The van der Waals surface area contributed by atoms with Gasteiger partial charge in [0.25, 0.3) is 0 Å².